The Labute approximate surface area is 160 Å². The number of fused-ring (bicyclic) bond motifs is 1. The Balaban J connectivity index is 1.77. The number of hydrogen-bond acceptors (Lipinski definition) is 7. The molecule has 0 aliphatic rings. The van der Waals surface area contributed by atoms with Crippen molar-refractivity contribution in [3.05, 3.63) is 66.1 Å². The van der Waals surface area contributed by atoms with Crippen LogP contribution in [0.2, 0.25) is 0 Å². The number of thiophene rings is 1. The lowest BCUT2D eigenvalue weighted by molar-refractivity contribution is 0.602. The van der Waals surface area contributed by atoms with Crippen LogP contribution in [-0.4, -0.2) is 29.6 Å². The van der Waals surface area contributed by atoms with Gasteiger partial charge in [-0.25, -0.2) is 18.4 Å². The van der Waals surface area contributed by atoms with Crippen LogP contribution in [0.4, 0.5) is 5.82 Å². The Morgan fingerprint density at radius 3 is 2.74 bits per heavy atom. The molecule has 6 nitrogen and oxygen atoms in total. The van der Waals surface area contributed by atoms with Gasteiger partial charge >= 0.3 is 0 Å². The molecule has 0 aliphatic heterocycles. The number of pyridine rings is 1. The molecule has 3 heterocycles. The maximum atomic E-state index is 11.9. The Kier molecular flexibility index (Phi) is 4.59. The summed E-state index contributed by atoms with van der Waals surface area (Å²) in [6, 6.07) is 12.7. The number of nitrogens with one attached hydrogen (secondary N) is 1. The summed E-state index contributed by atoms with van der Waals surface area (Å²) in [5, 5.41) is 6.18. The number of anilines is 1. The van der Waals surface area contributed by atoms with Gasteiger partial charge in [-0.3, -0.25) is 4.98 Å². The molecule has 4 aromatic rings. The van der Waals surface area contributed by atoms with Crippen molar-refractivity contribution in [2.75, 3.05) is 11.6 Å². The average molecular weight is 396 g/mol. The predicted molar refractivity (Wildman–Crippen MR) is 108 cm³/mol. The minimum atomic E-state index is -3.28. The molecule has 0 bridgehead atoms. The van der Waals surface area contributed by atoms with Crippen molar-refractivity contribution in [1.82, 2.24) is 15.0 Å². The fourth-order valence-corrected chi connectivity index (χ4v) is 4.38. The summed E-state index contributed by atoms with van der Waals surface area (Å²) in [5.41, 5.74) is 2.63. The van der Waals surface area contributed by atoms with E-state index in [2.05, 4.69) is 20.3 Å². The molecule has 0 spiro atoms. The molecule has 0 unspecified atom stereocenters. The summed E-state index contributed by atoms with van der Waals surface area (Å²) in [4.78, 5) is 14.2. The zero-order valence-corrected chi connectivity index (χ0v) is 16.1. The summed E-state index contributed by atoms with van der Waals surface area (Å²) >= 11 is 1.50. The van der Waals surface area contributed by atoms with Gasteiger partial charge in [-0.2, -0.15) is 0 Å². The highest BCUT2D eigenvalue weighted by atomic mass is 32.2. The first-order chi connectivity index (χ1) is 13.0. The van der Waals surface area contributed by atoms with Gasteiger partial charge in [0.25, 0.3) is 0 Å². The molecule has 27 heavy (non-hydrogen) atoms. The molecule has 3 aromatic heterocycles. The summed E-state index contributed by atoms with van der Waals surface area (Å²) in [6.07, 6.45) is 4.48. The molecule has 8 heteroatoms. The van der Waals surface area contributed by atoms with Gasteiger partial charge in [-0.05, 0) is 29.8 Å². The first-order valence-corrected chi connectivity index (χ1v) is 11.0. The third-order valence-corrected chi connectivity index (χ3v) is 6.10. The molecular formula is C19H16N4O2S2. The van der Waals surface area contributed by atoms with Gasteiger partial charge < -0.3 is 5.32 Å². The number of rotatable bonds is 5. The van der Waals surface area contributed by atoms with E-state index in [0.29, 0.717) is 17.3 Å². The second kappa shape index (κ2) is 7.05. The largest absolute Gasteiger partial charge is 0.364 e. The van der Waals surface area contributed by atoms with E-state index in [0.717, 1.165) is 27.0 Å². The van der Waals surface area contributed by atoms with Crippen LogP contribution in [-0.2, 0) is 16.4 Å². The van der Waals surface area contributed by atoms with Crippen LogP contribution in [0, 0.1) is 0 Å². The molecule has 0 amide bonds. The van der Waals surface area contributed by atoms with Gasteiger partial charge in [-0.1, -0.05) is 18.2 Å². The SMILES string of the molecule is CS(=O)(=O)c1cccc(-c2csc3ncnc(NCc4ccccn4)c23)c1. The van der Waals surface area contributed by atoms with Crippen molar-refractivity contribution in [3.63, 3.8) is 0 Å². The Morgan fingerprint density at radius 2 is 1.96 bits per heavy atom. The predicted octanol–water partition coefficient (Wildman–Crippen LogP) is 3.77. The number of benzene rings is 1. The molecule has 0 saturated carbocycles. The minimum Gasteiger partial charge on any atom is -0.364 e. The Morgan fingerprint density at radius 1 is 1.07 bits per heavy atom. The van der Waals surface area contributed by atoms with Crippen molar-refractivity contribution in [1.29, 1.82) is 0 Å². The van der Waals surface area contributed by atoms with Crippen LogP contribution < -0.4 is 5.32 Å². The van der Waals surface area contributed by atoms with E-state index < -0.39 is 9.84 Å². The van der Waals surface area contributed by atoms with Crippen molar-refractivity contribution in [3.8, 4) is 11.1 Å². The van der Waals surface area contributed by atoms with E-state index in [1.807, 2.05) is 29.6 Å². The second-order valence-corrected chi connectivity index (χ2v) is 8.90. The highest BCUT2D eigenvalue weighted by Crippen LogP contribution is 2.37. The van der Waals surface area contributed by atoms with E-state index in [4.69, 9.17) is 0 Å². The van der Waals surface area contributed by atoms with Gasteiger partial charge in [0.2, 0.25) is 0 Å². The summed E-state index contributed by atoms with van der Waals surface area (Å²) in [7, 11) is -3.28. The van der Waals surface area contributed by atoms with Crippen LogP contribution in [0.25, 0.3) is 21.3 Å². The molecule has 136 valence electrons. The topological polar surface area (TPSA) is 84.8 Å². The molecule has 0 atom stereocenters. The molecule has 0 saturated heterocycles. The van der Waals surface area contributed by atoms with Crippen LogP contribution in [0.5, 0.6) is 0 Å². The monoisotopic (exact) mass is 396 g/mol. The van der Waals surface area contributed by atoms with Crippen LogP contribution >= 0.6 is 11.3 Å². The minimum absolute atomic E-state index is 0.291. The van der Waals surface area contributed by atoms with Crippen LogP contribution in [0.1, 0.15) is 5.69 Å². The molecule has 0 aliphatic carbocycles. The quantitative estimate of drug-likeness (QED) is 0.553. The number of aromatic nitrogens is 3. The first-order valence-electron chi connectivity index (χ1n) is 8.19. The normalized spacial score (nSPS) is 11.6. The van der Waals surface area contributed by atoms with Crippen molar-refractivity contribution in [2.24, 2.45) is 0 Å². The molecule has 0 fully saturated rings. The highest BCUT2D eigenvalue weighted by Gasteiger charge is 2.15. The van der Waals surface area contributed by atoms with Gasteiger partial charge in [0, 0.05) is 23.4 Å². The van der Waals surface area contributed by atoms with Gasteiger partial charge in [0.05, 0.1) is 22.5 Å². The lowest BCUT2D eigenvalue weighted by atomic mass is 10.1. The lowest BCUT2D eigenvalue weighted by Gasteiger charge is -2.09. The third-order valence-electron chi connectivity index (χ3n) is 4.11. The first kappa shape index (κ1) is 17.6. The third kappa shape index (κ3) is 3.67. The summed E-state index contributed by atoms with van der Waals surface area (Å²) in [5.74, 6) is 0.701. The molecule has 1 aromatic carbocycles. The highest BCUT2D eigenvalue weighted by molar-refractivity contribution is 7.90. The van der Waals surface area contributed by atoms with Crippen LogP contribution in [0.15, 0.2) is 65.3 Å². The van der Waals surface area contributed by atoms with E-state index in [1.165, 1.54) is 23.9 Å². The molecule has 1 N–H and O–H groups in total. The van der Waals surface area contributed by atoms with Gasteiger partial charge in [-0.15, -0.1) is 11.3 Å². The number of hydrogen-bond donors (Lipinski definition) is 1. The van der Waals surface area contributed by atoms with Gasteiger partial charge in [0.15, 0.2) is 9.84 Å². The van der Waals surface area contributed by atoms with Crippen molar-refractivity contribution < 1.29 is 8.42 Å². The lowest BCUT2D eigenvalue weighted by Crippen LogP contribution is -2.03. The van der Waals surface area contributed by atoms with E-state index in [-0.39, 0.29) is 0 Å². The zero-order chi connectivity index (χ0) is 18.9. The van der Waals surface area contributed by atoms with Crippen LogP contribution in [0.3, 0.4) is 0 Å². The number of nitrogens with zero attached hydrogens (tertiary/aromatic N) is 3. The molecule has 4 rings (SSSR count). The van der Waals surface area contributed by atoms with Gasteiger partial charge in [0.1, 0.15) is 17.0 Å². The van der Waals surface area contributed by atoms with E-state index in [1.54, 1.807) is 24.4 Å². The zero-order valence-electron chi connectivity index (χ0n) is 14.5. The molecule has 0 radical (unpaired) electrons. The number of sulfone groups is 1. The Hall–Kier alpha value is -2.84. The smallest absolute Gasteiger partial charge is 0.175 e. The van der Waals surface area contributed by atoms with E-state index >= 15 is 0 Å². The summed E-state index contributed by atoms with van der Waals surface area (Å²) < 4.78 is 23.8. The maximum Gasteiger partial charge on any atom is 0.175 e. The maximum absolute atomic E-state index is 11.9. The second-order valence-electron chi connectivity index (χ2n) is 6.03. The van der Waals surface area contributed by atoms with E-state index in [9.17, 15) is 8.42 Å². The summed E-state index contributed by atoms with van der Waals surface area (Å²) in [6.45, 7) is 0.533. The fraction of sp³-hybridized carbons (Fsp3) is 0.105. The Bertz CT molecular complexity index is 1200. The van der Waals surface area contributed by atoms with Crippen molar-refractivity contribution in [2.45, 2.75) is 11.4 Å². The molecular weight excluding hydrogens is 380 g/mol. The average Bonchev–Trinajstić information content (AvgIpc) is 3.11. The van der Waals surface area contributed by atoms with Crippen molar-refractivity contribution >= 4 is 37.2 Å². The standard InChI is InChI=1S/C19H16N4O2S2/c1-27(24,25)15-7-4-5-13(9-15)16-11-26-19-17(16)18(22-12-23-19)21-10-14-6-2-3-8-20-14/h2-9,11-12H,10H2,1H3,(H,21,22,23). The fourth-order valence-electron chi connectivity index (χ4n) is 2.79.